The van der Waals surface area contributed by atoms with E-state index in [2.05, 4.69) is 11.9 Å². The minimum atomic E-state index is 0.456. The number of hydrogen-bond acceptors (Lipinski definition) is 3. The van der Waals surface area contributed by atoms with E-state index in [4.69, 9.17) is 21.1 Å². The molecule has 4 heteroatoms. The van der Waals surface area contributed by atoms with E-state index in [0.29, 0.717) is 23.1 Å². The first-order chi connectivity index (χ1) is 8.62. The van der Waals surface area contributed by atoms with Gasteiger partial charge in [0.25, 0.3) is 0 Å². The summed E-state index contributed by atoms with van der Waals surface area (Å²) in [5.74, 6) is 1.23. The van der Waals surface area contributed by atoms with Gasteiger partial charge in [0.15, 0.2) is 11.5 Å². The molecule has 0 aromatic heterocycles. The lowest BCUT2D eigenvalue weighted by molar-refractivity contribution is 0.317. The highest BCUT2D eigenvalue weighted by atomic mass is 35.5. The van der Waals surface area contributed by atoms with Crippen molar-refractivity contribution in [1.29, 1.82) is 0 Å². The van der Waals surface area contributed by atoms with Crippen LogP contribution in [0.4, 0.5) is 0 Å². The molecule has 3 nitrogen and oxygen atoms in total. The maximum atomic E-state index is 6.21. The van der Waals surface area contributed by atoms with Crippen LogP contribution in [0.25, 0.3) is 0 Å². The zero-order valence-electron chi connectivity index (χ0n) is 11.2. The van der Waals surface area contributed by atoms with Gasteiger partial charge in [0.05, 0.1) is 12.1 Å². The van der Waals surface area contributed by atoms with Crippen LogP contribution in [0, 0.1) is 0 Å². The predicted molar refractivity (Wildman–Crippen MR) is 75.7 cm³/mol. The molecule has 18 heavy (non-hydrogen) atoms. The zero-order chi connectivity index (χ0) is 13.5. The van der Waals surface area contributed by atoms with E-state index < -0.39 is 0 Å². The van der Waals surface area contributed by atoms with Gasteiger partial charge in [-0.3, -0.25) is 0 Å². The van der Waals surface area contributed by atoms with Crippen molar-refractivity contribution >= 4 is 11.6 Å². The van der Waals surface area contributed by atoms with Crippen LogP contribution in [0.1, 0.15) is 18.9 Å². The molecule has 0 saturated carbocycles. The van der Waals surface area contributed by atoms with Crippen LogP contribution >= 0.6 is 11.6 Å². The highest BCUT2D eigenvalue weighted by Gasteiger charge is 2.12. The summed E-state index contributed by atoms with van der Waals surface area (Å²) < 4.78 is 11.0. The molecule has 1 aromatic carbocycles. The van der Waals surface area contributed by atoms with Crippen molar-refractivity contribution in [3.63, 3.8) is 0 Å². The Morgan fingerprint density at radius 3 is 2.72 bits per heavy atom. The molecule has 0 radical (unpaired) electrons. The molecule has 0 fully saturated rings. The SMILES string of the molecule is C=C(CC)COc1c(Cl)cc(CNC)cc1OC. The fourth-order valence-electron chi connectivity index (χ4n) is 1.50. The summed E-state index contributed by atoms with van der Waals surface area (Å²) in [5.41, 5.74) is 2.08. The molecule has 0 spiro atoms. The maximum Gasteiger partial charge on any atom is 0.180 e. The lowest BCUT2D eigenvalue weighted by Gasteiger charge is -2.14. The lowest BCUT2D eigenvalue weighted by Crippen LogP contribution is -2.07. The average Bonchev–Trinajstić information content (AvgIpc) is 2.36. The number of benzene rings is 1. The van der Waals surface area contributed by atoms with Gasteiger partial charge in [0, 0.05) is 6.54 Å². The molecule has 100 valence electrons. The monoisotopic (exact) mass is 269 g/mol. The first-order valence-corrected chi connectivity index (χ1v) is 6.30. The third kappa shape index (κ3) is 3.93. The summed E-state index contributed by atoms with van der Waals surface area (Å²) in [6.07, 6.45) is 0.887. The highest BCUT2D eigenvalue weighted by Crippen LogP contribution is 2.36. The van der Waals surface area contributed by atoms with Crippen molar-refractivity contribution in [3.05, 3.63) is 34.9 Å². The van der Waals surface area contributed by atoms with E-state index in [1.54, 1.807) is 7.11 Å². The second-order valence-corrected chi connectivity index (χ2v) is 4.44. The van der Waals surface area contributed by atoms with Crippen molar-refractivity contribution < 1.29 is 9.47 Å². The molecule has 0 aliphatic carbocycles. The van der Waals surface area contributed by atoms with Crippen LogP contribution in [0.5, 0.6) is 11.5 Å². The van der Waals surface area contributed by atoms with Gasteiger partial charge in [-0.25, -0.2) is 0 Å². The maximum absolute atomic E-state index is 6.21. The molecule has 1 aromatic rings. The van der Waals surface area contributed by atoms with Crippen molar-refractivity contribution in [2.45, 2.75) is 19.9 Å². The molecule has 1 N–H and O–H groups in total. The fraction of sp³-hybridized carbons (Fsp3) is 0.429. The quantitative estimate of drug-likeness (QED) is 0.770. The normalized spacial score (nSPS) is 10.2. The summed E-state index contributed by atoms with van der Waals surface area (Å²) in [7, 11) is 3.49. The molecule has 0 bridgehead atoms. The van der Waals surface area contributed by atoms with Crippen LogP contribution in [0.3, 0.4) is 0 Å². The first-order valence-electron chi connectivity index (χ1n) is 5.92. The Bertz CT molecular complexity index is 419. The van der Waals surface area contributed by atoms with E-state index in [-0.39, 0.29) is 0 Å². The molecular weight excluding hydrogens is 250 g/mol. The zero-order valence-corrected chi connectivity index (χ0v) is 11.9. The summed E-state index contributed by atoms with van der Waals surface area (Å²) in [4.78, 5) is 0. The Hall–Kier alpha value is -1.19. The Morgan fingerprint density at radius 2 is 2.17 bits per heavy atom. The van der Waals surface area contributed by atoms with Gasteiger partial charge in [-0.05, 0) is 36.7 Å². The highest BCUT2D eigenvalue weighted by molar-refractivity contribution is 6.32. The number of halogens is 1. The third-order valence-corrected chi connectivity index (χ3v) is 2.87. The van der Waals surface area contributed by atoms with E-state index in [1.807, 2.05) is 26.1 Å². The summed E-state index contributed by atoms with van der Waals surface area (Å²) in [5, 5.41) is 3.63. The number of rotatable bonds is 7. The fourth-order valence-corrected chi connectivity index (χ4v) is 1.78. The van der Waals surface area contributed by atoms with E-state index in [9.17, 15) is 0 Å². The Morgan fingerprint density at radius 1 is 1.44 bits per heavy atom. The van der Waals surface area contributed by atoms with E-state index >= 15 is 0 Å². The third-order valence-electron chi connectivity index (χ3n) is 2.59. The smallest absolute Gasteiger partial charge is 0.180 e. The molecule has 0 aliphatic rings. The van der Waals surface area contributed by atoms with Crippen LogP contribution in [0.2, 0.25) is 5.02 Å². The first kappa shape index (κ1) is 14.9. The molecule has 0 heterocycles. The standard InChI is InChI=1S/C14H20ClNO2/c1-5-10(2)9-18-14-12(15)6-11(8-16-3)7-13(14)17-4/h6-7,16H,2,5,8-9H2,1,3-4H3. The Balaban J connectivity index is 2.92. The van der Waals surface area contributed by atoms with Crippen molar-refractivity contribution in [2.24, 2.45) is 0 Å². The minimum Gasteiger partial charge on any atom is -0.493 e. The summed E-state index contributed by atoms with van der Waals surface area (Å²) in [6, 6.07) is 3.80. The Kier molecular flexibility index (Phi) is 6.02. The van der Waals surface area contributed by atoms with Gasteiger partial charge in [-0.15, -0.1) is 0 Å². The molecule has 0 unspecified atom stereocenters. The second kappa shape index (κ2) is 7.29. The number of hydrogen-bond donors (Lipinski definition) is 1. The van der Waals surface area contributed by atoms with Crippen LogP contribution < -0.4 is 14.8 Å². The van der Waals surface area contributed by atoms with Gasteiger partial charge in [0.2, 0.25) is 0 Å². The van der Waals surface area contributed by atoms with Crippen LogP contribution in [-0.4, -0.2) is 20.8 Å². The van der Waals surface area contributed by atoms with Crippen molar-refractivity contribution in [1.82, 2.24) is 5.32 Å². The van der Waals surface area contributed by atoms with Crippen molar-refractivity contribution in [3.8, 4) is 11.5 Å². The van der Waals surface area contributed by atoms with Crippen LogP contribution in [0.15, 0.2) is 24.3 Å². The van der Waals surface area contributed by atoms with Gasteiger partial charge in [-0.2, -0.15) is 0 Å². The summed E-state index contributed by atoms with van der Waals surface area (Å²) >= 11 is 6.21. The summed E-state index contributed by atoms with van der Waals surface area (Å²) in [6.45, 7) is 7.13. The van der Waals surface area contributed by atoms with Gasteiger partial charge in [-0.1, -0.05) is 25.1 Å². The number of nitrogens with one attached hydrogen (secondary N) is 1. The molecule has 0 saturated heterocycles. The molecule has 0 atom stereocenters. The topological polar surface area (TPSA) is 30.5 Å². The van der Waals surface area contributed by atoms with Gasteiger partial charge in [0.1, 0.15) is 6.61 Å². The van der Waals surface area contributed by atoms with Crippen LogP contribution in [-0.2, 0) is 6.54 Å². The number of ether oxygens (including phenoxy) is 2. The lowest BCUT2D eigenvalue weighted by atomic mass is 10.2. The molecule has 1 rings (SSSR count). The van der Waals surface area contributed by atoms with Gasteiger partial charge < -0.3 is 14.8 Å². The Labute approximate surface area is 114 Å². The molecule has 0 amide bonds. The largest absolute Gasteiger partial charge is 0.493 e. The number of methoxy groups -OCH3 is 1. The minimum absolute atomic E-state index is 0.456. The average molecular weight is 270 g/mol. The molecular formula is C14H20ClNO2. The van der Waals surface area contributed by atoms with E-state index in [0.717, 1.165) is 24.1 Å². The van der Waals surface area contributed by atoms with Gasteiger partial charge >= 0.3 is 0 Å². The second-order valence-electron chi connectivity index (χ2n) is 4.03. The van der Waals surface area contributed by atoms with Crippen molar-refractivity contribution in [2.75, 3.05) is 20.8 Å². The van der Waals surface area contributed by atoms with E-state index in [1.165, 1.54) is 0 Å². The predicted octanol–water partition coefficient (Wildman–Crippen LogP) is 3.41. The molecule has 0 aliphatic heterocycles.